The maximum absolute atomic E-state index is 11.8. The van der Waals surface area contributed by atoms with Gasteiger partial charge >= 0.3 is 0 Å². The molecule has 1 amide bonds. The quantitative estimate of drug-likeness (QED) is 0.639. The first-order valence-electron chi connectivity index (χ1n) is 6.29. The fraction of sp³-hybridized carbons (Fsp3) is 0.143. The molecular weight excluding hydrogens is 272 g/mol. The summed E-state index contributed by atoms with van der Waals surface area (Å²) in [7, 11) is 0. The van der Waals surface area contributed by atoms with E-state index in [0.29, 0.717) is 24.3 Å². The van der Waals surface area contributed by atoms with E-state index >= 15 is 0 Å². The second-order valence-electron chi connectivity index (χ2n) is 4.41. The maximum atomic E-state index is 11.8. The molecule has 1 heterocycles. The summed E-state index contributed by atoms with van der Waals surface area (Å²) < 4.78 is 0. The number of hydrogen-bond donors (Lipinski definition) is 2. The van der Waals surface area contributed by atoms with Gasteiger partial charge in [0.25, 0.3) is 11.6 Å². The summed E-state index contributed by atoms with van der Waals surface area (Å²) in [6, 6.07) is 9.39. The molecular formula is C14H14N4O3. The molecule has 108 valence electrons. The highest BCUT2D eigenvalue weighted by molar-refractivity contribution is 5.92. The molecule has 0 aliphatic heterocycles. The fourth-order valence-corrected chi connectivity index (χ4v) is 1.73. The number of nitro benzene ring substituents is 1. The minimum absolute atomic E-state index is 0.0499. The van der Waals surface area contributed by atoms with Crippen molar-refractivity contribution in [2.75, 3.05) is 12.3 Å². The number of nitrogens with zero attached hydrogens (tertiary/aromatic N) is 2. The number of nitro groups is 1. The summed E-state index contributed by atoms with van der Waals surface area (Å²) in [5, 5.41) is 13.3. The van der Waals surface area contributed by atoms with Gasteiger partial charge in [0.05, 0.1) is 16.8 Å². The summed E-state index contributed by atoms with van der Waals surface area (Å²) in [5.41, 5.74) is 7.25. The molecule has 0 atom stereocenters. The zero-order valence-corrected chi connectivity index (χ0v) is 11.2. The minimum atomic E-state index is -0.446. The number of benzene rings is 1. The van der Waals surface area contributed by atoms with Crippen molar-refractivity contribution in [3.63, 3.8) is 0 Å². The van der Waals surface area contributed by atoms with Crippen molar-refractivity contribution >= 4 is 17.3 Å². The molecule has 7 nitrogen and oxygen atoms in total. The van der Waals surface area contributed by atoms with Crippen molar-refractivity contribution in [2.45, 2.75) is 6.42 Å². The van der Waals surface area contributed by atoms with Gasteiger partial charge in [-0.05, 0) is 24.1 Å². The van der Waals surface area contributed by atoms with E-state index in [1.165, 1.54) is 18.3 Å². The molecule has 7 heteroatoms. The topological polar surface area (TPSA) is 111 Å². The second-order valence-corrected chi connectivity index (χ2v) is 4.41. The van der Waals surface area contributed by atoms with Crippen LogP contribution in [0.5, 0.6) is 0 Å². The Morgan fingerprint density at radius 2 is 1.95 bits per heavy atom. The molecule has 0 unspecified atom stereocenters. The van der Waals surface area contributed by atoms with Gasteiger partial charge in [-0.25, -0.2) is 4.98 Å². The number of carbonyl (C=O) groups excluding carboxylic acids is 1. The molecule has 2 rings (SSSR count). The molecule has 0 fully saturated rings. The molecule has 2 aromatic rings. The van der Waals surface area contributed by atoms with Gasteiger partial charge < -0.3 is 11.1 Å². The Labute approximate surface area is 121 Å². The normalized spacial score (nSPS) is 10.1. The molecule has 1 aromatic carbocycles. The van der Waals surface area contributed by atoms with Gasteiger partial charge in [-0.3, -0.25) is 14.9 Å². The van der Waals surface area contributed by atoms with E-state index in [4.69, 9.17) is 5.73 Å². The average molecular weight is 286 g/mol. The molecule has 0 radical (unpaired) electrons. The summed E-state index contributed by atoms with van der Waals surface area (Å²) in [4.78, 5) is 25.8. The lowest BCUT2D eigenvalue weighted by Crippen LogP contribution is -2.26. The number of aromatic nitrogens is 1. The third kappa shape index (κ3) is 4.00. The van der Waals surface area contributed by atoms with Crippen LogP contribution >= 0.6 is 0 Å². The van der Waals surface area contributed by atoms with Crippen LogP contribution in [0, 0.1) is 10.1 Å². The largest absolute Gasteiger partial charge is 0.397 e. The van der Waals surface area contributed by atoms with Crippen LogP contribution in [0.25, 0.3) is 0 Å². The SMILES string of the molecule is Nc1ccc(C(=O)NCCc2ccc([N+](=O)[O-])cc2)nc1. The third-order valence-corrected chi connectivity index (χ3v) is 2.87. The average Bonchev–Trinajstić information content (AvgIpc) is 2.48. The van der Waals surface area contributed by atoms with Gasteiger partial charge in [0.2, 0.25) is 0 Å². The molecule has 0 aliphatic rings. The van der Waals surface area contributed by atoms with Crippen LogP contribution in [0.2, 0.25) is 0 Å². The van der Waals surface area contributed by atoms with Gasteiger partial charge in [-0.1, -0.05) is 12.1 Å². The van der Waals surface area contributed by atoms with Crippen LogP contribution in [-0.2, 0) is 6.42 Å². The highest BCUT2D eigenvalue weighted by atomic mass is 16.6. The van der Waals surface area contributed by atoms with Crippen LogP contribution in [0.3, 0.4) is 0 Å². The van der Waals surface area contributed by atoms with Crippen molar-refractivity contribution in [1.82, 2.24) is 10.3 Å². The zero-order valence-electron chi connectivity index (χ0n) is 11.2. The molecule has 0 spiro atoms. The number of non-ortho nitro benzene ring substituents is 1. The minimum Gasteiger partial charge on any atom is -0.397 e. The van der Waals surface area contributed by atoms with Crippen molar-refractivity contribution < 1.29 is 9.72 Å². The fourth-order valence-electron chi connectivity index (χ4n) is 1.73. The summed E-state index contributed by atoms with van der Waals surface area (Å²) in [6.45, 7) is 0.419. The zero-order chi connectivity index (χ0) is 15.2. The van der Waals surface area contributed by atoms with Crippen LogP contribution in [0.1, 0.15) is 16.1 Å². The number of pyridine rings is 1. The predicted octanol–water partition coefficient (Wildman–Crippen LogP) is 1.54. The highest BCUT2D eigenvalue weighted by Crippen LogP contribution is 2.12. The smallest absolute Gasteiger partial charge is 0.269 e. The molecule has 0 saturated heterocycles. The summed E-state index contributed by atoms with van der Waals surface area (Å²) >= 11 is 0. The molecule has 3 N–H and O–H groups in total. The molecule has 0 bridgehead atoms. The van der Waals surface area contributed by atoms with E-state index in [1.807, 2.05) is 0 Å². The number of rotatable bonds is 5. The van der Waals surface area contributed by atoms with Gasteiger partial charge in [-0.2, -0.15) is 0 Å². The van der Waals surface area contributed by atoms with Crippen molar-refractivity contribution in [2.24, 2.45) is 0 Å². The number of anilines is 1. The Bertz CT molecular complexity index is 638. The van der Waals surface area contributed by atoms with E-state index in [1.54, 1.807) is 24.3 Å². The maximum Gasteiger partial charge on any atom is 0.269 e. The number of carbonyl (C=O) groups is 1. The van der Waals surface area contributed by atoms with E-state index in [9.17, 15) is 14.9 Å². The van der Waals surface area contributed by atoms with Crippen molar-refractivity contribution in [1.29, 1.82) is 0 Å². The van der Waals surface area contributed by atoms with Crippen LogP contribution in [0.15, 0.2) is 42.6 Å². The Morgan fingerprint density at radius 1 is 1.24 bits per heavy atom. The van der Waals surface area contributed by atoms with Crippen LogP contribution in [0.4, 0.5) is 11.4 Å². The predicted molar refractivity (Wildman–Crippen MR) is 77.8 cm³/mol. The van der Waals surface area contributed by atoms with Gasteiger partial charge in [0.1, 0.15) is 5.69 Å². The Morgan fingerprint density at radius 3 is 2.52 bits per heavy atom. The number of amides is 1. The van der Waals surface area contributed by atoms with E-state index in [-0.39, 0.29) is 11.6 Å². The lowest BCUT2D eigenvalue weighted by Gasteiger charge is -2.05. The monoisotopic (exact) mass is 286 g/mol. The van der Waals surface area contributed by atoms with E-state index in [2.05, 4.69) is 10.3 Å². The third-order valence-electron chi connectivity index (χ3n) is 2.87. The molecule has 0 aliphatic carbocycles. The first-order valence-corrected chi connectivity index (χ1v) is 6.29. The molecule has 0 saturated carbocycles. The van der Waals surface area contributed by atoms with E-state index in [0.717, 1.165) is 5.56 Å². The second kappa shape index (κ2) is 6.47. The number of nitrogens with two attached hydrogens (primary N) is 1. The van der Waals surface area contributed by atoms with Crippen molar-refractivity contribution in [3.8, 4) is 0 Å². The molecule has 21 heavy (non-hydrogen) atoms. The highest BCUT2D eigenvalue weighted by Gasteiger charge is 2.07. The van der Waals surface area contributed by atoms with Gasteiger partial charge in [0.15, 0.2) is 0 Å². The summed E-state index contributed by atoms with van der Waals surface area (Å²) in [6.07, 6.45) is 2.00. The lowest BCUT2D eigenvalue weighted by molar-refractivity contribution is -0.384. The van der Waals surface area contributed by atoms with Crippen LogP contribution in [-0.4, -0.2) is 22.4 Å². The number of hydrogen-bond acceptors (Lipinski definition) is 5. The Hall–Kier alpha value is -2.96. The van der Waals surface area contributed by atoms with Gasteiger partial charge in [-0.15, -0.1) is 0 Å². The summed E-state index contributed by atoms with van der Waals surface area (Å²) in [5.74, 6) is -0.281. The first-order chi connectivity index (χ1) is 10.1. The molecule has 1 aromatic heterocycles. The standard InChI is InChI=1S/C14H14N4O3/c15-11-3-6-13(17-9-11)14(19)16-8-7-10-1-4-12(5-2-10)18(20)21/h1-6,9H,7-8,15H2,(H,16,19). The Balaban J connectivity index is 1.85. The van der Waals surface area contributed by atoms with E-state index < -0.39 is 4.92 Å². The van der Waals surface area contributed by atoms with Gasteiger partial charge in [0, 0.05) is 18.7 Å². The Kier molecular flexibility index (Phi) is 4.45. The first kappa shape index (κ1) is 14.4. The number of nitrogens with one attached hydrogen (secondary N) is 1. The lowest BCUT2D eigenvalue weighted by atomic mass is 10.1. The van der Waals surface area contributed by atoms with Crippen molar-refractivity contribution in [3.05, 3.63) is 64.0 Å². The van der Waals surface area contributed by atoms with Crippen LogP contribution < -0.4 is 11.1 Å². The number of nitrogen functional groups attached to an aromatic ring is 1.